The zero-order valence-electron chi connectivity index (χ0n) is 9.13. The van der Waals surface area contributed by atoms with Crippen LogP contribution in [-0.4, -0.2) is 11.9 Å². The minimum atomic E-state index is 0.183. The summed E-state index contributed by atoms with van der Waals surface area (Å²) in [5.41, 5.74) is 6.69. The summed E-state index contributed by atoms with van der Waals surface area (Å²) in [4.78, 5) is 1.11. The first-order valence-corrected chi connectivity index (χ1v) is 5.36. The van der Waals surface area contributed by atoms with Crippen molar-refractivity contribution in [2.24, 2.45) is 0 Å². The summed E-state index contributed by atoms with van der Waals surface area (Å²) in [6.07, 6.45) is 0. The Hall–Kier alpha value is -0.830. The molecule has 0 fully saturated rings. The van der Waals surface area contributed by atoms with Gasteiger partial charge in [0.2, 0.25) is 0 Å². The second-order valence-corrected chi connectivity index (χ2v) is 5.99. The lowest BCUT2D eigenvalue weighted by Gasteiger charge is -2.18. The van der Waals surface area contributed by atoms with Gasteiger partial charge in [-0.1, -0.05) is 20.8 Å². The number of anilines is 1. The second-order valence-electron chi connectivity index (χ2n) is 4.12. The van der Waals surface area contributed by atoms with Gasteiger partial charge in [-0.15, -0.1) is 11.8 Å². The molecule has 0 saturated heterocycles. The minimum absolute atomic E-state index is 0.183. The first kappa shape index (κ1) is 11.2. The van der Waals surface area contributed by atoms with Gasteiger partial charge in [-0.3, -0.25) is 0 Å². The van der Waals surface area contributed by atoms with E-state index in [2.05, 4.69) is 20.8 Å². The maximum absolute atomic E-state index is 5.90. The maximum Gasteiger partial charge on any atom is 0.120 e. The van der Waals surface area contributed by atoms with E-state index in [1.807, 2.05) is 18.2 Å². The van der Waals surface area contributed by atoms with Crippen LogP contribution in [0.2, 0.25) is 0 Å². The molecule has 0 spiro atoms. The van der Waals surface area contributed by atoms with E-state index in [0.717, 1.165) is 16.3 Å². The standard InChI is InChI=1S/C11H17NOS/c1-11(2,3)14-10-6-5-8(13-4)7-9(10)12/h5-7H,12H2,1-4H3. The maximum atomic E-state index is 5.90. The predicted molar refractivity (Wildman–Crippen MR) is 63.0 cm³/mol. The molecule has 0 aliphatic rings. The van der Waals surface area contributed by atoms with Crippen LogP contribution in [0, 0.1) is 0 Å². The van der Waals surface area contributed by atoms with Crippen LogP contribution in [0.25, 0.3) is 0 Å². The van der Waals surface area contributed by atoms with Crippen LogP contribution >= 0.6 is 11.8 Å². The third kappa shape index (κ3) is 3.14. The highest BCUT2D eigenvalue weighted by Gasteiger charge is 2.14. The van der Waals surface area contributed by atoms with Gasteiger partial charge in [-0.05, 0) is 12.1 Å². The van der Waals surface area contributed by atoms with E-state index in [1.54, 1.807) is 18.9 Å². The Morgan fingerprint density at radius 2 is 1.93 bits per heavy atom. The first-order valence-electron chi connectivity index (χ1n) is 4.55. The van der Waals surface area contributed by atoms with Gasteiger partial charge in [0.25, 0.3) is 0 Å². The molecule has 0 amide bonds. The third-order valence-electron chi connectivity index (χ3n) is 1.63. The Balaban J connectivity index is 2.89. The summed E-state index contributed by atoms with van der Waals surface area (Å²) >= 11 is 1.77. The topological polar surface area (TPSA) is 35.2 Å². The van der Waals surface area contributed by atoms with Crippen LogP contribution in [0.3, 0.4) is 0 Å². The summed E-state index contributed by atoms with van der Waals surface area (Å²) in [6.45, 7) is 6.50. The Kier molecular flexibility index (Phi) is 3.32. The largest absolute Gasteiger partial charge is 0.497 e. The number of rotatable bonds is 2. The van der Waals surface area contributed by atoms with Gasteiger partial charge < -0.3 is 10.5 Å². The molecule has 0 saturated carbocycles. The van der Waals surface area contributed by atoms with Crippen molar-refractivity contribution in [3.63, 3.8) is 0 Å². The van der Waals surface area contributed by atoms with Crippen molar-refractivity contribution < 1.29 is 4.74 Å². The van der Waals surface area contributed by atoms with Crippen molar-refractivity contribution in [1.29, 1.82) is 0 Å². The Morgan fingerprint density at radius 3 is 2.36 bits per heavy atom. The summed E-state index contributed by atoms with van der Waals surface area (Å²) in [6, 6.07) is 5.79. The molecule has 0 aliphatic heterocycles. The molecule has 0 aromatic heterocycles. The molecule has 1 rings (SSSR count). The lowest BCUT2D eigenvalue weighted by atomic mass is 10.3. The van der Waals surface area contributed by atoms with Crippen molar-refractivity contribution in [2.45, 2.75) is 30.4 Å². The third-order valence-corrected chi connectivity index (χ3v) is 2.84. The van der Waals surface area contributed by atoms with Gasteiger partial charge in [-0.2, -0.15) is 0 Å². The van der Waals surface area contributed by atoms with Crippen molar-refractivity contribution in [2.75, 3.05) is 12.8 Å². The monoisotopic (exact) mass is 211 g/mol. The molecule has 2 N–H and O–H groups in total. The minimum Gasteiger partial charge on any atom is -0.497 e. The smallest absolute Gasteiger partial charge is 0.120 e. The van der Waals surface area contributed by atoms with Gasteiger partial charge in [-0.25, -0.2) is 0 Å². The number of benzene rings is 1. The van der Waals surface area contributed by atoms with Crippen LogP contribution in [0.1, 0.15) is 20.8 Å². The quantitative estimate of drug-likeness (QED) is 0.603. The Bertz CT molecular complexity index is 318. The molecule has 78 valence electrons. The van der Waals surface area contributed by atoms with Crippen molar-refractivity contribution in [3.05, 3.63) is 18.2 Å². The van der Waals surface area contributed by atoms with Crippen molar-refractivity contribution in [1.82, 2.24) is 0 Å². The number of thioether (sulfide) groups is 1. The van der Waals surface area contributed by atoms with E-state index in [9.17, 15) is 0 Å². The highest BCUT2D eigenvalue weighted by molar-refractivity contribution is 8.00. The average Bonchev–Trinajstić information content (AvgIpc) is 2.06. The van der Waals surface area contributed by atoms with E-state index >= 15 is 0 Å². The number of methoxy groups -OCH3 is 1. The summed E-state index contributed by atoms with van der Waals surface area (Å²) in [5, 5.41) is 0. The fourth-order valence-corrected chi connectivity index (χ4v) is 2.05. The van der Waals surface area contributed by atoms with Crippen molar-refractivity contribution in [3.8, 4) is 5.75 Å². The molecule has 0 atom stereocenters. The highest BCUT2D eigenvalue weighted by atomic mass is 32.2. The zero-order valence-corrected chi connectivity index (χ0v) is 9.94. The van der Waals surface area contributed by atoms with Crippen LogP contribution in [0.4, 0.5) is 5.69 Å². The van der Waals surface area contributed by atoms with E-state index in [1.165, 1.54) is 0 Å². The first-order chi connectivity index (χ1) is 6.42. The van der Waals surface area contributed by atoms with E-state index in [0.29, 0.717) is 0 Å². The molecule has 0 radical (unpaired) electrons. The molecule has 0 heterocycles. The number of hydrogen-bond acceptors (Lipinski definition) is 3. The number of hydrogen-bond donors (Lipinski definition) is 1. The molecular formula is C11H17NOS. The number of ether oxygens (including phenoxy) is 1. The SMILES string of the molecule is COc1ccc(SC(C)(C)C)c(N)c1. The molecule has 14 heavy (non-hydrogen) atoms. The van der Waals surface area contributed by atoms with E-state index in [4.69, 9.17) is 10.5 Å². The summed E-state index contributed by atoms with van der Waals surface area (Å²) in [7, 11) is 1.64. The van der Waals surface area contributed by atoms with Gasteiger partial charge >= 0.3 is 0 Å². The zero-order chi connectivity index (χ0) is 10.8. The second kappa shape index (κ2) is 4.13. The van der Waals surface area contributed by atoms with Crippen LogP contribution in [-0.2, 0) is 0 Å². The number of nitrogens with two attached hydrogens (primary N) is 1. The van der Waals surface area contributed by atoms with E-state index < -0.39 is 0 Å². The Labute approximate surface area is 89.8 Å². The summed E-state index contributed by atoms with van der Waals surface area (Å²) < 4.78 is 5.27. The lowest BCUT2D eigenvalue weighted by molar-refractivity contribution is 0.415. The van der Waals surface area contributed by atoms with Gasteiger partial charge in [0.15, 0.2) is 0 Å². The lowest BCUT2D eigenvalue weighted by Crippen LogP contribution is -2.07. The van der Waals surface area contributed by atoms with Crippen LogP contribution < -0.4 is 10.5 Å². The average molecular weight is 211 g/mol. The molecule has 0 aliphatic carbocycles. The molecule has 1 aromatic rings. The van der Waals surface area contributed by atoms with E-state index in [-0.39, 0.29) is 4.75 Å². The fourth-order valence-electron chi connectivity index (χ4n) is 1.08. The normalized spacial score (nSPS) is 11.4. The van der Waals surface area contributed by atoms with Gasteiger partial charge in [0.05, 0.1) is 7.11 Å². The number of nitrogen functional groups attached to an aromatic ring is 1. The Morgan fingerprint density at radius 1 is 1.29 bits per heavy atom. The van der Waals surface area contributed by atoms with Crippen molar-refractivity contribution >= 4 is 17.4 Å². The predicted octanol–water partition coefficient (Wildman–Crippen LogP) is 3.17. The highest BCUT2D eigenvalue weighted by Crippen LogP contribution is 2.36. The van der Waals surface area contributed by atoms with Gasteiger partial charge in [0, 0.05) is 21.4 Å². The van der Waals surface area contributed by atoms with Crippen LogP contribution in [0.15, 0.2) is 23.1 Å². The summed E-state index contributed by atoms with van der Waals surface area (Å²) in [5.74, 6) is 0.806. The molecule has 0 unspecified atom stereocenters. The molecule has 0 bridgehead atoms. The molecular weight excluding hydrogens is 194 g/mol. The fraction of sp³-hybridized carbons (Fsp3) is 0.455. The molecule has 1 aromatic carbocycles. The molecule has 2 nitrogen and oxygen atoms in total. The van der Waals surface area contributed by atoms with Gasteiger partial charge in [0.1, 0.15) is 5.75 Å². The molecule has 3 heteroatoms. The van der Waals surface area contributed by atoms with Crippen LogP contribution in [0.5, 0.6) is 5.75 Å².